The van der Waals surface area contributed by atoms with Crippen LogP contribution in [0.4, 0.5) is 8.78 Å². The quantitative estimate of drug-likeness (QED) is 0.836. The van der Waals surface area contributed by atoms with Gasteiger partial charge in [0.2, 0.25) is 5.91 Å². The van der Waals surface area contributed by atoms with Gasteiger partial charge in [0.1, 0.15) is 17.2 Å². The molecule has 1 unspecified atom stereocenters. The van der Waals surface area contributed by atoms with Gasteiger partial charge in [-0.15, -0.1) is 0 Å². The van der Waals surface area contributed by atoms with E-state index in [4.69, 9.17) is 5.73 Å². The van der Waals surface area contributed by atoms with Crippen LogP contribution in [0.3, 0.4) is 0 Å². The van der Waals surface area contributed by atoms with E-state index in [9.17, 15) is 13.6 Å². The summed E-state index contributed by atoms with van der Waals surface area (Å²) in [6.45, 7) is 0.192. The van der Waals surface area contributed by atoms with Crippen molar-refractivity contribution in [1.82, 2.24) is 4.90 Å². The first-order valence-electron chi connectivity index (χ1n) is 8.94. The lowest BCUT2D eigenvalue weighted by molar-refractivity contribution is -0.137. The average Bonchev–Trinajstić information content (AvgIpc) is 3.31. The number of rotatable bonds is 3. The largest absolute Gasteiger partial charge is 0.326 e. The van der Waals surface area contributed by atoms with Crippen LogP contribution >= 0.6 is 0 Å². The van der Waals surface area contributed by atoms with Gasteiger partial charge in [-0.25, -0.2) is 8.78 Å². The van der Waals surface area contributed by atoms with Gasteiger partial charge in [0.05, 0.1) is 6.04 Å². The zero-order valence-corrected chi connectivity index (χ0v) is 14.7. The molecule has 2 aromatic carbocycles. The third-order valence-electron chi connectivity index (χ3n) is 5.27. The van der Waals surface area contributed by atoms with E-state index in [-0.39, 0.29) is 24.1 Å². The van der Waals surface area contributed by atoms with Gasteiger partial charge in [-0.3, -0.25) is 4.79 Å². The van der Waals surface area contributed by atoms with Crippen LogP contribution in [0, 0.1) is 11.6 Å². The molecule has 5 heteroatoms. The zero-order chi connectivity index (χ0) is 19.0. The Bertz CT molecular complexity index is 929. The van der Waals surface area contributed by atoms with Crippen molar-refractivity contribution in [2.45, 2.75) is 24.4 Å². The van der Waals surface area contributed by atoms with Crippen molar-refractivity contribution in [3.8, 4) is 0 Å². The second-order valence-corrected chi connectivity index (χ2v) is 7.14. The minimum atomic E-state index is -0.975. The molecule has 0 radical (unpaired) electrons. The second-order valence-electron chi connectivity index (χ2n) is 7.14. The summed E-state index contributed by atoms with van der Waals surface area (Å²) in [5.41, 5.74) is 7.05. The molecule has 1 atom stereocenters. The van der Waals surface area contributed by atoms with Crippen molar-refractivity contribution in [2.24, 2.45) is 5.73 Å². The number of carbonyl (C=O) groups is 1. The maximum absolute atomic E-state index is 14.3. The first-order valence-corrected chi connectivity index (χ1v) is 8.94. The van der Waals surface area contributed by atoms with E-state index in [0.717, 1.165) is 17.7 Å². The minimum absolute atomic E-state index is 0.176. The summed E-state index contributed by atoms with van der Waals surface area (Å²) in [4.78, 5) is 14.9. The van der Waals surface area contributed by atoms with Crippen molar-refractivity contribution >= 4 is 11.5 Å². The van der Waals surface area contributed by atoms with Crippen LogP contribution in [-0.4, -0.2) is 22.9 Å². The highest BCUT2D eigenvalue weighted by Gasteiger charge is 2.42. The Morgan fingerprint density at radius 3 is 2.48 bits per heavy atom. The molecule has 0 bridgehead atoms. The van der Waals surface area contributed by atoms with Crippen LogP contribution in [-0.2, 0) is 4.79 Å². The summed E-state index contributed by atoms with van der Waals surface area (Å²) in [5.74, 6) is -1.19. The summed E-state index contributed by atoms with van der Waals surface area (Å²) >= 11 is 0. The normalized spacial score (nSPS) is 20.8. The fourth-order valence-electron chi connectivity index (χ4n) is 3.79. The lowest BCUT2D eigenvalue weighted by Crippen LogP contribution is -2.53. The number of carbonyl (C=O) groups excluding carboxylic acids is 1. The summed E-state index contributed by atoms with van der Waals surface area (Å²) in [6.07, 6.45) is 6.61. The number of nitrogens with zero attached hydrogens (tertiary/aromatic N) is 1. The number of hydrogen-bond acceptors (Lipinski definition) is 2. The lowest BCUT2D eigenvalue weighted by Gasteiger charge is -2.33. The number of benzene rings is 2. The van der Waals surface area contributed by atoms with Gasteiger partial charge in [0, 0.05) is 12.1 Å². The standard InChI is InChI=1S/C22H20F2N2O/c23-17-8-9-19(24)18(13-17)16-12-20(15-6-2-1-3-7-15)26(14-16)21(27)22(25)10-4-5-11-22/h1-9,12-13,20H,10-11,14,25H2. The third kappa shape index (κ3) is 3.19. The Labute approximate surface area is 156 Å². The topological polar surface area (TPSA) is 46.3 Å². The molecule has 1 aliphatic carbocycles. The highest BCUT2D eigenvalue weighted by Crippen LogP contribution is 2.38. The highest BCUT2D eigenvalue weighted by atomic mass is 19.1. The van der Waals surface area contributed by atoms with Crippen molar-refractivity contribution in [2.75, 3.05) is 6.54 Å². The van der Waals surface area contributed by atoms with E-state index in [1.54, 1.807) is 4.90 Å². The van der Waals surface area contributed by atoms with Gasteiger partial charge in [0.25, 0.3) is 0 Å². The SMILES string of the molecule is NC1(C(=O)N2CC(c3cc(F)ccc3F)=CC2c2ccccc2)CC=CC1. The monoisotopic (exact) mass is 366 g/mol. The predicted octanol–water partition coefficient (Wildman–Crippen LogP) is 3.98. The minimum Gasteiger partial charge on any atom is -0.326 e. The molecule has 2 N–H and O–H groups in total. The van der Waals surface area contributed by atoms with E-state index < -0.39 is 17.2 Å². The predicted molar refractivity (Wildman–Crippen MR) is 101 cm³/mol. The molecule has 2 aliphatic rings. The van der Waals surface area contributed by atoms with Gasteiger partial charge < -0.3 is 10.6 Å². The van der Waals surface area contributed by atoms with Crippen LogP contribution in [0.2, 0.25) is 0 Å². The maximum atomic E-state index is 14.3. The van der Waals surface area contributed by atoms with Gasteiger partial charge in [-0.05, 0) is 42.2 Å². The van der Waals surface area contributed by atoms with Crippen LogP contribution < -0.4 is 5.73 Å². The molecule has 138 valence electrons. The first-order chi connectivity index (χ1) is 13.0. The van der Waals surface area contributed by atoms with E-state index in [1.165, 1.54) is 6.07 Å². The molecule has 0 fully saturated rings. The Kier molecular flexibility index (Phi) is 4.40. The van der Waals surface area contributed by atoms with Crippen LogP contribution in [0.15, 0.2) is 66.8 Å². The van der Waals surface area contributed by atoms with Gasteiger partial charge >= 0.3 is 0 Å². The van der Waals surface area contributed by atoms with Crippen LogP contribution in [0.25, 0.3) is 5.57 Å². The Balaban J connectivity index is 1.73. The maximum Gasteiger partial charge on any atom is 0.244 e. The molecule has 4 rings (SSSR count). The Morgan fingerprint density at radius 2 is 1.78 bits per heavy atom. The molecular formula is C22H20F2N2O. The van der Waals surface area contributed by atoms with Crippen molar-refractivity contribution in [1.29, 1.82) is 0 Å². The molecule has 0 saturated carbocycles. The number of amides is 1. The summed E-state index contributed by atoms with van der Waals surface area (Å²) in [6, 6.07) is 12.5. The Hall–Kier alpha value is -2.79. The fourth-order valence-corrected chi connectivity index (χ4v) is 3.79. The van der Waals surface area contributed by atoms with E-state index >= 15 is 0 Å². The van der Waals surface area contributed by atoms with Gasteiger partial charge in [-0.2, -0.15) is 0 Å². The molecule has 0 spiro atoms. The molecule has 1 heterocycles. The first kappa shape index (κ1) is 17.6. The van der Waals surface area contributed by atoms with E-state index in [0.29, 0.717) is 18.4 Å². The Morgan fingerprint density at radius 1 is 1.07 bits per heavy atom. The lowest BCUT2D eigenvalue weighted by atomic mass is 9.95. The second kappa shape index (κ2) is 6.74. The third-order valence-corrected chi connectivity index (χ3v) is 5.27. The molecule has 0 aromatic heterocycles. The fraction of sp³-hybridized carbons (Fsp3) is 0.227. The molecular weight excluding hydrogens is 346 g/mol. The highest BCUT2D eigenvalue weighted by molar-refractivity contribution is 5.91. The van der Waals surface area contributed by atoms with Crippen LogP contribution in [0.1, 0.15) is 30.0 Å². The van der Waals surface area contributed by atoms with E-state index in [2.05, 4.69) is 0 Å². The van der Waals surface area contributed by atoms with Gasteiger partial charge in [-0.1, -0.05) is 48.6 Å². The summed E-state index contributed by atoms with van der Waals surface area (Å²) < 4.78 is 28.0. The van der Waals surface area contributed by atoms with Crippen molar-refractivity contribution in [3.63, 3.8) is 0 Å². The summed E-state index contributed by atoms with van der Waals surface area (Å²) in [5, 5.41) is 0. The molecule has 1 aliphatic heterocycles. The molecule has 3 nitrogen and oxygen atoms in total. The number of nitrogens with two attached hydrogens (primary N) is 1. The van der Waals surface area contributed by atoms with Crippen LogP contribution in [0.5, 0.6) is 0 Å². The smallest absolute Gasteiger partial charge is 0.244 e. The molecule has 0 saturated heterocycles. The number of hydrogen-bond donors (Lipinski definition) is 1. The molecule has 1 amide bonds. The van der Waals surface area contributed by atoms with Gasteiger partial charge in [0.15, 0.2) is 0 Å². The number of halogens is 2. The summed E-state index contributed by atoms with van der Waals surface area (Å²) in [7, 11) is 0. The van der Waals surface area contributed by atoms with E-state index in [1.807, 2.05) is 48.6 Å². The average molecular weight is 366 g/mol. The molecule has 27 heavy (non-hydrogen) atoms. The van der Waals surface area contributed by atoms with Crippen molar-refractivity contribution < 1.29 is 13.6 Å². The molecule has 2 aromatic rings. The van der Waals surface area contributed by atoms with Crippen molar-refractivity contribution in [3.05, 3.63) is 89.5 Å². The zero-order valence-electron chi connectivity index (χ0n) is 14.7.